The largest absolute Gasteiger partial charge is 0.506 e. The van der Waals surface area contributed by atoms with E-state index in [1.165, 1.54) is 18.5 Å². The molecule has 30 heavy (non-hydrogen) atoms. The molecule has 8 heteroatoms. The van der Waals surface area contributed by atoms with Crippen molar-refractivity contribution in [3.63, 3.8) is 0 Å². The van der Waals surface area contributed by atoms with E-state index in [1.54, 1.807) is 0 Å². The van der Waals surface area contributed by atoms with Gasteiger partial charge in [-0.05, 0) is 50.6 Å². The molecule has 3 aliphatic heterocycles. The van der Waals surface area contributed by atoms with Gasteiger partial charge in [-0.15, -0.1) is 0 Å². The second-order valence-corrected chi connectivity index (χ2v) is 9.22. The maximum atomic E-state index is 13.3. The number of carbonyl (C=O) groups is 2. The normalized spacial score (nSPS) is 27.0. The molecule has 0 bridgehead atoms. The Labute approximate surface area is 177 Å². The van der Waals surface area contributed by atoms with Crippen molar-refractivity contribution in [2.45, 2.75) is 38.1 Å². The van der Waals surface area contributed by atoms with Crippen LogP contribution in [-0.4, -0.2) is 84.2 Å². The number of hydrogen-bond acceptors (Lipinski definition) is 6. The van der Waals surface area contributed by atoms with Crippen molar-refractivity contribution in [2.24, 2.45) is 11.3 Å². The van der Waals surface area contributed by atoms with Gasteiger partial charge in [-0.3, -0.25) is 14.6 Å². The molecule has 2 atom stereocenters. The lowest BCUT2D eigenvalue weighted by molar-refractivity contribution is -0.135. The molecule has 2 N–H and O–H groups in total. The van der Waals surface area contributed by atoms with Crippen LogP contribution in [0.15, 0.2) is 18.5 Å². The third-order valence-electron chi connectivity index (χ3n) is 6.90. The molecule has 0 aliphatic carbocycles. The van der Waals surface area contributed by atoms with E-state index in [1.807, 2.05) is 7.05 Å². The summed E-state index contributed by atoms with van der Waals surface area (Å²) >= 11 is 0. The molecule has 164 valence electrons. The molecule has 0 aromatic carbocycles. The van der Waals surface area contributed by atoms with E-state index in [0.29, 0.717) is 18.7 Å². The van der Waals surface area contributed by atoms with Crippen molar-refractivity contribution in [3.05, 3.63) is 24.0 Å². The molecule has 4 heterocycles. The second-order valence-electron chi connectivity index (χ2n) is 9.22. The van der Waals surface area contributed by atoms with Crippen molar-refractivity contribution in [2.75, 3.05) is 46.4 Å². The van der Waals surface area contributed by atoms with E-state index in [-0.39, 0.29) is 34.9 Å². The molecule has 0 saturated carbocycles. The number of aromatic nitrogens is 1. The van der Waals surface area contributed by atoms with E-state index in [0.717, 1.165) is 58.4 Å². The highest BCUT2D eigenvalue weighted by molar-refractivity contribution is 5.94. The van der Waals surface area contributed by atoms with E-state index in [2.05, 4.69) is 20.1 Å². The number of nitrogens with zero attached hydrogens (tertiary/aromatic N) is 3. The first-order valence-corrected chi connectivity index (χ1v) is 10.9. The summed E-state index contributed by atoms with van der Waals surface area (Å²) < 4.78 is 5.52. The van der Waals surface area contributed by atoms with Crippen molar-refractivity contribution >= 4 is 11.8 Å². The molecule has 1 aromatic rings. The topological polar surface area (TPSA) is 95.0 Å². The minimum absolute atomic E-state index is 0.0285. The Morgan fingerprint density at radius 2 is 2.00 bits per heavy atom. The average Bonchev–Trinajstić information content (AvgIpc) is 3.04. The predicted octanol–water partition coefficient (Wildman–Crippen LogP) is 1.26. The second kappa shape index (κ2) is 8.89. The Hall–Kier alpha value is -2.19. The van der Waals surface area contributed by atoms with Gasteiger partial charge >= 0.3 is 0 Å². The molecule has 3 fully saturated rings. The van der Waals surface area contributed by atoms with Crippen LogP contribution in [0.3, 0.4) is 0 Å². The molecular formula is C22H32N4O4. The first kappa shape index (κ1) is 21.1. The lowest BCUT2D eigenvalue weighted by Crippen LogP contribution is -2.42. The zero-order valence-corrected chi connectivity index (χ0v) is 17.7. The smallest absolute Gasteiger partial charge is 0.253 e. The summed E-state index contributed by atoms with van der Waals surface area (Å²) in [5.74, 6) is -0.0505. The number of nitrogens with one attached hydrogen (secondary N) is 1. The molecule has 2 amide bonds. The summed E-state index contributed by atoms with van der Waals surface area (Å²) in [4.78, 5) is 33.9. The molecule has 1 aromatic heterocycles. The van der Waals surface area contributed by atoms with Gasteiger partial charge in [0.05, 0.1) is 17.7 Å². The van der Waals surface area contributed by atoms with Crippen molar-refractivity contribution in [1.82, 2.24) is 20.1 Å². The van der Waals surface area contributed by atoms with Gasteiger partial charge in [-0.2, -0.15) is 0 Å². The van der Waals surface area contributed by atoms with E-state index < -0.39 is 0 Å². The molecule has 3 aliphatic rings. The van der Waals surface area contributed by atoms with E-state index in [9.17, 15) is 14.7 Å². The van der Waals surface area contributed by atoms with E-state index >= 15 is 0 Å². The molecule has 0 radical (unpaired) electrons. The summed E-state index contributed by atoms with van der Waals surface area (Å²) in [6, 6.07) is 1.37. The number of hydrogen-bond donors (Lipinski definition) is 2. The fraction of sp³-hybridized carbons (Fsp3) is 0.682. The van der Waals surface area contributed by atoms with Crippen LogP contribution in [0.25, 0.3) is 0 Å². The molecule has 8 nitrogen and oxygen atoms in total. The summed E-state index contributed by atoms with van der Waals surface area (Å²) in [6.45, 7) is 4.74. The highest BCUT2D eigenvalue weighted by Gasteiger charge is 2.42. The third-order valence-corrected chi connectivity index (χ3v) is 6.90. The van der Waals surface area contributed by atoms with Gasteiger partial charge in [0, 0.05) is 51.6 Å². The Morgan fingerprint density at radius 1 is 1.20 bits per heavy atom. The first-order chi connectivity index (χ1) is 14.4. The molecule has 3 saturated heterocycles. The lowest BCUT2D eigenvalue weighted by Gasteiger charge is -2.33. The number of amides is 2. The maximum Gasteiger partial charge on any atom is 0.253 e. The number of carbonyl (C=O) groups excluding carboxylic acids is 2. The molecular weight excluding hydrogens is 384 g/mol. The van der Waals surface area contributed by atoms with Crippen LogP contribution in [0.1, 0.15) is 42.5 Å². The van der Waals surface area contributed by atoms with Crippen LogP contribution in [0, 0.1) is 11.3 Å². The Bertz CT molecular complexity index is 780. The Kier molecular flexibility index (Phi) is 6.24. The Balaban J connectivity index is 1.34. The maximum absolute atomic E-state index is 13.3. The average molecular weight is 417 g/mol. The van der Waals surface area contributed by atoms with E-state index in [4.69, 9.17) is 4.74 Å². The van der Waals surface area contributed by atoms with Gasteiger partial charge < -0.3 is 25.0 Å². The highest BCUT2D eigenvalue weighted by atomic mass is 16.5. The summed E-state index contributed by atoms with van der Waals surface area (Å²) in [7, 11) is 2.00. The van der Waals surface area contributed by atoms with Gasteiger partial charge in [-0.1, -0.05) is 0 Å². The fourth-order valence-electron chi connectivity index (χ4n) is 5.15. The highest BCUT2D eigenvalue weighted by Crippen LogP contribution is 2.40. The zero-order chi connectivity index (χ0) is 21.1. The van der Waals surface area contributed by atoms with Gasteiger partial charge in [-0.25, -0.2) is 0 Å². The van der Waals surface area contributed by atoms with Crippen LogP contribution in [0.5, 0.6) is 5.75 Å². The van der Waals surface area contributed by atoms with Crippen molar-refractivity contribution < 1.29 is 19.4 Å². The van der Waals surface area contributed by atoms with Gasteiger partial charge in [0.25, 0.3) is 5.91 Å². The van der Waals surface area contributed by atoms with Crippen LogP contribution < -0.4 is 5.32 Å². The third kappa shape index (κ3) is 4.75. The fourth-order valence-corrected chi connectivity index (χ4v) is 5.15. The van der Waals surface area contributed by atoms with Crippen molar-refractivity contribution in [1.29, 1.82) is 0 Å². The van der Waals surface area contributed by atoms with Crippen LogP contribution in [-0.2, 0) is 9.53 Å². The zero-order valence-electron chi connectivity index (χ0n) is 17.7. The quantitative estimate of drug-likeness (QED) is 0.770. The number of ether oxygens (including phenoxy) is 1. The summed E-state index contributed by atoms with van der Waals surface area (Å²) in [5.41, 5.74) is 0.601. The van der Waals surface area contributed by atoms with Crippen LogP contribution in [0.4, 0.5) is 0 Å². The predicted molar refractivity (Wildman–Crippen MR) is 111 cm³/mol. The van der Waals surface area contributed by atoms with Crippen LogP contribution in [0.2, 0.25) is 0 Å². The SMILES string of the molecule is CN1C[C@@H](NC(=O)c2cncc(O)c2)CC[C@@H](C(=O)N2CCC3(CCOCC3)C2)C1. The minimum atomic E-state index is -0.248. The number of likely N-dealkylation sites (tertiary alicyclic amines) is 2. The molecule has 0 unspecified atom stereocenters. The van der Waals surface area contributed by atoms with Gasteiger partial charge in [0.2, 0.25) is 5.91 Å². The van der Waals surface area contributed by atoms with Crippen LogP contribution >= 0.6 is 0 Å². The van der Waals surface area contributed by atoms with Gasteiger partial charge in [0.1, 0.15) is 5.75 Å². The summed E-state index contributed by atoms with van der Waals surface area (Å²) in [5, 5.41) is 12.6. The number of rotatable bonds is 3. The Morgan fingerprint density at radius 3 is 2.77 bits per heavy atom. The lowest BCUT2D eigenvalue weighted by atomic mass is 9.80. The molecule has 1 spiro atoms. The number of pyridine rings is 1. The number of likely N-dealkylation sites (N-methyl/N-ethyl adjacent to an activating group) is 1. The van der Waals surface area contributed by atoms with Gasteiger partial charge in [0.15, 0.2) is 0 Å². The van der Waals surface area contributed by atoms with Crippen molar-refractivity contribution in [3.8, 4) is 5.75 Å². The minimum Gasteiger partial charge on any atom is -0.506 e. The monoisotopic (exact) mass is 416 g/mol. The number of aromatic hydroxyl groups is 1. The standard InChI is InChI=1S/C22H32N4O4/c1-25-13-16(21(29)26-7-4-22(15-26)5-8-30-9-6-22)2-3-18(14-25)24-20(28)17-10-19(27)12-23-11-17/h10-12,16,18,27H,2-9,13-15H2,1H3,(H,24,28)/t16-,18+/m1/s1. The summed E-state index contributed by atoms with van der Waals surface area (Å²) in [6.07, 6.45) is 7.46. The first-order valence-electron chi connectivity index (χ1n) is 10.9. The molecule has 4 rings (SSSR count).